The number of hydrogen-bond donors (Lipinski definition) is 3. The Morgan fingerprint density at radius 3 is 2.43 bits per heavy atom. The lowest BCUT2D eigenvalue weighted by Gasteiger charge is -2.28. The predicted molar refractivity (Wildman–Crippen MR) is 88.5 cm³/mol. The molecule has 0 aromatic heterocycles. The second kappa shape index (κ2) is 8.90. The van der Waals surface area contributed by atoms with Crippen molar-refractivity contribution in [1.82, 2.24) is 16.0 Å². The number of carbonyl (C=O) groups excluding carboxylic acids is 1. The van der Waals surface area contributed by atoms with Crippen molar-refractivity contribution in [3.8, 4) is 0 Å². The highest BCUT2D eigenvalue weighted by molar-refractivity contribution is 5.81. The smallest absolute Gasteiger partial charge is 0.221 e. The van der Waals surface area contributed by atoms with Gasteiger partial charge in [-0.2, -0.15) is 0 Å². The van der Waals surface area contributed by atoms with E-state index in [0.717, 1.165) is 12.5 Å². The van der Waals surface area contributed by atoms with Crippen molar-refractivity contribution in [2.45, 2.75) is 65.3 Å². The van der Waals surface area contributed by atoms with Gasteiger partial charge in [0, 0.05) is 32.6 Å². The second-order valence-corrected chi connectivity index (χ2v) is 6.39. The van der Waals surface area contributed by atoms with Gasteiger partial charge < -0.3 is 16.0 Å². The van der Waals surface area contributed by atoms with Gasteiger partial charge >= 0.3 is 0 Å². The fourth-order valence-corrected chi connectivity index (χ4v) is 2.96. The van der Waals surface area contributed by atoms with Crippen LogP contribution in [0, 0.1) is 5.41 Å². The minimum absolute atomic E-state index is 0.0776. The lowest BCUT2D eigenvalue weighted by molar-refractivity contribution is -0.121. The zero-order valence-electron chi connectivity index (χ0n) is 14.1. The van der Waals surface area contributed by atoms with E-state index >= 15 is 0 Å². The van der Waals surface area contributed by atoms with Crippen molar-refractivity contribution in [1.29, 1.82) is 0 Å². The molecule has 3 N–H and O–H groups in total. The molecule has 1 fully saturated rings. The van der Waals surface area contributed by atoms with Crippen LogP contribution in [0.2, 0.25) is 0 Å². The monoisotopic (exact) mass is 296 g/mol. The molecule has 122 valence electrons. The van der Waals surface area contributed by atoms with Crippen molar-refractivity contribution in [2.75, 3.05) is 20.1 Å². The Balaban J connectivity index is 2.27. The summed E-state index contributed by atoms with van der Waals surface area (Å²) in [5.41, 5.74) is 0.437. The molecular weight excluding hydrogens is 264 g/mol. The molecule has 0 atom stereocenters. The summed E-state index contributed by atoms with van der Waals surface area (Å²) in [5, 5.41) is 9.53. The van der Waals surface area contributed by atoms with Gasteiger partial charge in [0.05, 0.1) is 0 Å². The first kappa shape index (κ1) is 17.8. The van der Waals surface area contributed by atoms with Crippen LogP contribution >= 0.6 is 0 Å². The molecule has 0 aromatic carbocycles. The Hall–Kier alpha value is -1.26. The summed E-state index contributed by atoms with van der Waals surface area (Å²) >= 11 is 0. The quantitative estimate of drug-likeness (QED) is 0.497. The van der Waals surface area contributed by atoms with Gasteiger partial charge in [0.2, 0.25) is 5.91 Å². The molecule has 5 nitrogen and oxygen atoms in total. The molecule has 0 heterocycles. The van der Waals surface area contributed by atoms with Gasteiger partial charge in [-0.3, -0.25) is 9.79 Å². The van der Waals surface area contributed by atoms with E-state index < -0.39 is 0 Å². The lowest BCUT2D eigenvalue weighted by atomic mass is 9.83. The van der Waals surface area contributed by atoms with E-state index in [0.29, 0.717) is 18.4 Å². The maximum Gasteiger partial charge on any atom is 0.221 e. The van der Waals surface area contributed by atoms with Crippen molar-refractivity contribution in [2.24, 2.45) is 10.4 Å². The van der Waals surface area contributed by atoms with E-state index in [2.05, 4.69) is 27.9 Å². The number of aliphatic imine (C=N–C) groups is 1. The molecule has 5 heteroatoms. The van der Waals surface area contributed by atoms with E-state index in [1.54, 1.807) is 7.05 Å². The van der Waals surface area contributed by atoms with Crippen molar-refractivity contribution >= 4 is 11.9 Å². The first-order valence-electron chi connectivity index (χ1n) is 8.25. The van der Waals surface area contributed by atoms with E-state index in [-0.39, 0.29) is 11.9 Å². The maximum absolute atomic E-state index is 11.6. The fraction of sp³-hybridized carbons (Fsp3) is 0.875. The Kier molecular flexibility index (Phi) is 7.54. The normalized spacial score (nSPS) is 17.9. The van der Waals surface area contributed by atoms with Crippen LogP contribution in [0.4, 0.5) is 0 Å². The molecular formula is C16H32N4O. The number of rotatable bonds is 7. The van der Waals surface area contributed by atoms with E-state index in [1.165, 1.54) is 32.1 Å². The van der Waals surface area contributed by atoms with Crippen molar-refractivity contribution in [3.63, 3.8) is 0 Å². The Morgan fingerprint density at radius 2 is 1.90 bits per heavy atom. The van der Waals surface area contributed by atoms with Gasteiger partial charge in [-0.25, -0.2) is 0 Å². The number of hydrogen-bond acceptors (Lipinski definition) is 2. The van der Waals surface area contributed by atoms with Crippen LogP contribution in [0.25, 0.3) is 0 Å². The number of guanidine groups is 1. The highest BCUT2D eigenvalue weighted by Gasteiger charge is 2.31. The number of amides is 1. The second-order valence-electron chi connectivity index (χ2n) is 6.39. The van der Waals surface area contributed by atoms with Crippen LogP contribution in [0.3, 0.4) is 0 Å². The summed E-state index contributed by atoms with van der Waals surface area (Å²) in [6, 6.07) is 0.196. The molecule has 0 unspecified atom stereocenters. The fourth-order valence-electron chi connectivity index (χ4n) is 2.96. The van der Waals surface area contributed by atoms with Crippen LogP contribution in [0.15, 0.2) is 4.99 Å². The minimum atomic E-state index is 0.0776. The Bertz CT molecular complexity index is 346. The van der Waals surface area contributed by atoms with E-state index in [9.17, 15) is 4.79 Å². The topological polar surface area (TPSA) is 65.5 Å². The maximum atomic E-state index is 11.6. The molecule has 1 aliphatic rings. The van der Waals surface area contributed by atoms with Gasteiger partial charge in [-0.15, -0.1) is 0 Å². The number of nitrogens with one attached hydrogen (secondary N) is 3. The van der Waals surface area contributed by atoms with E-state index in [4.69, 9.17) is 0 Å². The van der Waals surface area contributed by atoms with Gasteiger partial charge in [-0.05, 0) is 38.5 Å². The summed E-state index contributed by atoms with van der Waals surface area (Å²) < 4.78 is 0. The molecule has 0 radical (unpaired) electrons. The number of carbonyl (C=O) groups is 1. The Labute approximate surface area is 129 Å². The van der Waals surface area contributed by atoms with Crippen LogP contribution in [0.1, 0.15) is 59.3 Å². The van der Waals surface area contributed by atoms with Gasteiger partial charge in [-0.1, -0.05) is 19.8 Å². The summed E-state index contributed by atoms with van der Waals surface area (Å²) in [6.07, 6.45) is 6.99. The molecule has 1 amide bonds. The van der Waals surface area contributed by atoms with Crippen LogP contribution in [0.5, 0.6) is 0 Å². The SMILES string of the molecule is CCC1(CNC(=NC)NCCC(=O)NC(C)C)CCCC1. The molecule has 0 bridgehead atoms. The summed E-state index contributed by atoms with van der Waals surface area (Å²) in [6.45, 7) is 7.80. The summed E-state index contributed by atoms with van der Waals surface area (Å²) in [4.78, 5) is 15.8. The van der Waals surface area contributed by atoms with E-state index in [1.807, 2.05) is 13.8 Å². The van der Waals surface area contributed by atoms with Gasteiger partial charge in [0.1, 0.15) is 0 Å². The Morgan fingerprint density at radius 1 is 1.24 bits per heavy atom. The molecule has 0 saturated heterocycles. The van der Waals surface area contributed by atoms with Gasteiger partial charge in [0.15, 0.2) is 5.96 Å². The summed E-state index contributed by atoms with van der Waals surface area (Å²) in [7, 11) is 1.77. The zero-order chi connectivity index (χ0) is 15.7. The highest BCUT2D eigenvalue weighted by atomic mass is 16.1. The van der Waals surface area contributed by atoms with Crippen molar-refractivity contribution in [3.05, 3.63) is 0 Å². The molecule has 21 heavy (non-hydrogen) atoms. The molecule has 0 aromatic rings. The average Bonchev–Trinajstić information content (AvgIpc) is 2.91. The molecule has 1 rings (SSSR count). The highest BCUT2D eigenvalue weighted by Crippen LogP contribution is 2.40. The number of nitrogens with zero attached hydrogens (tertiary/aromatic N) is 1. The molecule has 0 aliphatic heterocycles. The van der Waals surface area contributed by atoms with Crippen LogP contribution in [-0.2, 0) is 4.79 Å². The molecule has 1 aliphatic carbocycles. The minimum Gasteiger partial charge on any atom is -0.356 e. The first-order chi connectivity index (χ1) is 10.0. The lowest BCUT2D eigenvalue weighted by Crippen LogP contribution is -2.44. The van der Waals surface area contributed by atoms with Crippen LogP contribution < -0.4 is 16.0 Å². The standard InChI is InChI=1S/C16H32N4O/c1-5-16(9-6-7-10-16)12-19-15(17-4)18-11-8-14(21)20-13(2)3/h13H,5-12H2,1-4H3,(H,20,21)(H2,17,18,19). The molecule has 1 saturated carbocycles. The third-order valence-corrected chi connectivity index (χ3v) is 4.36. The first-order valence-corrected chi connectivity index (χ1v) is 8.25. The molecule has 0 spiro atoms. The largest absolute Gasteiger partial charge is 0.356 e. The predicted octanol–water partition coefficient (Wildman–Crippen LogP) is 2.04. The zero-order valence-corrected chi connectivity index (χ0v) is 14.1. The third-order valence-electron chi connectivity index (χ3n) is 4.36. The third kappa shape index (κ3) is 6.36. The van der Waals surface area contributed by atoms with Gasteiger partial charge in [0.25, 0.3) is 0 Å². The van der Waals surface area contributed by atoms with Crippen LogP contribution in [-0.4, -0.2) is 38.0 Å². The van der Waals surface area contributed by atoms with Crippen molar-refractivity contribution < 1.29 is 4.79 Å². The summed E-state index contributed by atoms with van der Waals surface area (Å²) in [5.74, 6) is 0.876. The average molecular weight is 296 g/mol.